The van der Waals surface area contributed by atoms with Gasteiger partial charge in [0.2, 0.25) is 0 Å². The number of carbonyl (C=O) groups is 1. The molecule has 0 aliphatic rings. The van der Waals surface area contributed by atoms with Crippen LogP contribution < -0.4 is 5.32 Å². The highest BCUT2D eigenvalue weighted by Crippen LogP contribution is 2.13. The van der Waals surface area contributed by atoms with E-state index in [-0.39, 0.29) is 5.91 Å². The van der Waals surface area contributed by atoms with Crippen molar-refractivity contribution < 1.29 is 9.21 Å². The molecule has 0 radical (unpaired) electrons. The number of benzene rings is 1. The highest BCUT2D eigenvalue weighted by atomic mass is 16.4. The molecule has 2 rings (SSSR count). The molecule has 20 heavy (non-hydrogen) atoms. The Kier molecular flexibility index (Phi) is 4.96. The van der Waals surface area contributed by atoms with Gasteiger partial charge >= 0.3 is 0 Å². The number of carbonyl (C=O) groups excluding carboxylic acids is 1. The maximum Gasteiger partial charge on any atom is 0.291 e. The van der Waals surface area contributed by atoms with Gasteiger partial charge in [-0.3, -0.25) is 9.69 Å². The molecule has 1 heterocycles. The summed E-state index contributed by atoms with van der Waals surface area (Å²) in [6.45, 7) is 6.86. The molecule has 2 aromatic rings. The van der Waals surface area contributed by atoms with Crippen molar-refractivity contribution >= 4 is 11.6 Å². The summed E-state index contributed by atoms with van der Waals surface area (Å²) in [5.74, 6) is 0.935. The quantitative estimate of drug-likeness (QED) is 0.877. The van der Waals surface area contributed by atoms with Gasteiger partial charge in [0.1, 0.15) is 5.76 Å². The van der Waals surface area contributed by atoms with Crippen LogP contribution in [0.4, 0.5) is 5.69 Å². The molecule has 0 unspecified atom stereocenters. The van der Waals surface area contributed by atoms with Gasteiger partial charge in [-0.25, -0.2) is 0 Å². The Hall–Kier alpha value is -2.07. The van der Waals surface area contributed by atoms with E-state index in [2.05, 4.69) is 24.1 Å². The van der Waals surface area contributed by atoms with Gasteiger partial charge in [-0.15, -0.1) is 0 Å². The van der Waals surface area contributed by atoms with Crippen LogP contribution in [0.25, 0.3) is 0 Å². The minimum Gasteiger partial charge on any atom is -0.455 e. The van der Waals surface area contributed by atoms with Crippen LogP contribution in [0.3, 0.4) is 0 Å². The van der Waals surface area contributed by atoms with E-state index in [1.165, 1.54) is 0 Å². The number of amides is 1. The molecule has 0 spiro atoms. The molecule has 1 amide bonds. The maximum atomic E-state index is 12.0. The predicted molar refractivity (Wildman–Crippen MR) is 79.7 cm³/mol. The number of nitrogens with one attached hydrogen (secondary N) is 1. The summed E-state index contributed by atoms with van der Waals surface area (Å²) in [5, 5.41) is 2.81. The largest absolute Gasteiger partial charge is 0.455 e. The first-order valence-corrected chi connectivity index (χ1v) is 6.90. The maximum absolute atomic E-state index is 12.0. The number of furan rings is 1. The van der Waals surface area contributed by atoms with E-state index in [9.17, 15) is 4.79 Å². The first kappa shape index (κ1) is 14.3. The minimum atomic E-state index is -0.220. The summed E-state index contributed by atoms with van der Waals surface area (Å²) in [5.41, 5.74) is 0.763. The molecule has 0 fully saturated rings. The van der Waals surface area contributed by atoms with Crippen LogP contribution in [0, 0.1) is 0 Å². The molecule has 0 aliphatic heterocycles. The highest BCUT2D eigenvalue weighted by molar-refractivity contribution is 6.02. The fraction of sp³-hybridized carbons (Fsp3) is 0.312. The highest BCUT2D eigenvalue weighted by Gasteiger charge is 2.12. The monoisotopic (exact) mass is 272 g/mol. The molecule has 1 aromatic heterocycles. The summed E-state index contributed by atoms with van der Waals surface area (Å²) in [6, 6.07) is 12.9. The Bertz CT molecular complexity index is 545. The molecule has 4 nitrogen and oxygen atoms in total. The number of para-hydroxylation sites is 1. The smallest absolute Gasteiger partial charge is 0.291 e. The van der Waals surface area contributed by atoms with E-state index in [0.717, 1.165) is 31.1 Å². The van der Waals surface area contributed by atoms with Gasteiger partial charge in [0.15, 0.2) is 5.76 Å². The molecular formula is C16H20N2O2. The van der Waals surface area contributed by atoms with Gasteiger partial charge in [-0.05, 0) is 37.4 Å². The standard InChI is InChI=1S/C16H20N2O2/c1-3-18(4-2)12-14-10-11-15(20-14)16(19)17-13-8-6-5-7-9-13/h5-11H,3-4,12H2,1-2H3,(H,17,19). The fourth-order valence-corrected chi connectivity index (χ4v) is 1.97. The number of hydrogen-bond donors (Lipinski definition) is 1. The lowest BCUT2D eigenvalue weighted by Crippen LogP contribution is -2.21. The second-order valence-corrected chi connectivity index (χ2v) is 4.55. The molecular weight excluding hydrogens is 252 g/mol. The van der Waals surface area contributed by atoms with Gasteiger partial charge in [0.25, 0.3) is 5.91 Å². The topological polar surface area (TPSA) is 45.5 Å². The first-order chi connectivity index (χ1) is 9.72. The van der Waals surface area contributed by atoms with Crippen LogP contribution in [0.2, 0.25) is 0 Å². The van der Waals surface area contributed by atoms with Crippen molar-refractivity contribution in [1.29, 1.82) is 0 Å². The van der Waals surface area contributed by atoms with Crippen LogP contribution in [0.1, 0.15) is 30.2 Å². The lowest BCUT2D eigenvalue weighted by Gasteiger charge is -2.15. The van der Waals surface area contributed by atoms with Crippen LogP contribution in [0.15, 0.2) is 46.9 Å². The third kappa shape index (κ3) is 3.71. The van der Waals surface area contributed by atoms with Crippen molar-refractivity contribution in [1.82, 2.24) is 4.90 Å². The van der Waals surface area contributed by atoms with Crippen LogP contribution in [0.5, 0.6) is 0 Å². The Morgan fingerprint density at radius 2 is 1.80 bits per heavy atom. The second-order valence-electron chi connectivity index (χ2n) is 4.55. The zero-order chi connectivity index (χ0) is 14.4. The lowest BCUT2D eigenvalue weighted by atomic mass is 10.3. The summed E-state index contributed by atoms with van der Waals surface area (Å²) in [4.78, 5) is 14.3. The molecule has 0 saturated heterocycles. The Morgan fingerprint density at radius 1 is 1.10 bits per heavy atom. The lowest BCUT2D eigenvalue weighted by molar-refractivity contribution is 0.0993. The summed E-state index contributed by atoms with van der Waals surface area (Å²) in [7, 11) is 0. The normalized spacial score (nSPS) is 10.8. The van der Waals surface area contributed by atoms with Gasteiger partial charge in [0.05, 0.1) is 6.54 Å². The fourth-order valence-electron chi connectivity index (χ4n) is 1.97. The van der Waals surface area contributed by atoms with E-state index < -0.39 is 0 Å². The summed E-state index contributed by atoms with van der Waals surface area (Å²) >= 11 is 0. The van der Waals surface area contributed by atoms with Crippen molar-refractivity contribution in [2.75, 3.05) is 18.4 Å². The first-order valence-electron chi connectivity index (χ1n) is 6.90. The van der Waals surface area contributed by atoms with Crippen molar-refractivity contribution in [3.8, 4) is 0 Å². The zero-order valence-corrected chi connectivity index (χ0v) is 11.9. The number of rotatable bonds is 6. The molecule has 4 heteroatoms. The number of anilines is 1. The Morgan fingerprint density at radius 3 is 2.45 bits per heavy atom. The van der Waals surface area contributed by atoms with E-state index in [0.29, 0.717) is 5.76 Å². The Balaban J connectivity index is 1.99. The van der Waals surface area contributed by atoms with Gasteiger partial charge in [-0.1, -0.05) is 32.0 Å². The average Bonchev–Trinajstić information content (AvgIpc) is 2.94. The van der Waals surface area contributed by atoms with Crippen molar-refractivity contribution in [2.24, 2.45) is 0 Å². The molecule has 0 bridgehead atoms. The van der Waals surface area contributed by atoms with Crippen LogP contribution in [-0.4, -0.2) is 23.9 Å². The van der Waals surface area contributed by atoms with Crippen LogP contribution >= 0.6 is 0 Å². The third-order valence-electron chi connectivity index (χ3n) is 3.19. The molecule has 1 N–H and O–H groups in total. The molecule has 1 aromatic carbocycles. The predicted octanol–water partition coefficient (Wildman–Crippen LogP) is 3.37. The summed E-state index contributed by atoms with van der Waals surface area (Å²) in [6.07, 6.45) is 0. The van der Waals surface area contributed by atoms with Crippen molar-refractivity contribution in [3.63, 3.8) is 0 Å². The van der Waals surface area contributed by atoms with Gasteiger partial charge < -0.3 is 9.73 Å². The SMILES string of the molecule is CCN(CC)Cc1ccc(C(=O)Nc2ccccc2)o1. The van der Waals surface area contributed by atoms with E-state index >= 15 is 0 Å². The third-order valence-corrected chi connectivity index (χ3v) is 3.19. The minimum absolute atomic E-state index is 0.220. The van der Waals surface area contributed by atoms with Crippen LogP contribution in [-0.2, 0) is 6.54 Å². The number of nitrogens with zero attached hydrogens (tertiary/aromatic N) is 1. The second kappa shape index (κ2) is 6.91. The van der Waals surface area contributed by atoms with E-state index in [1.807, 2.05) is 36.4 Å². The number of hydrogen-bond acceptors (Lipinski definition) is 3. The van der Waals surface area contributed by atoms with Gasteiger partial charge in [-0.2, -0.15) is 0 Å². The molecule has 0 aliphatic carbocycles. The Labute approximate surface area is 119 Å². The molecule has 0 saturated carbocycles. The van der Waals surface area contributed by atoms with Crippen molar-refractivity contribution in [3.05, 3.63) is 54.0 Å². The zero-order valence-electron chi connectivity index (χ0n) is 11.9. The molecule has 0 atom stereocenters. The van der Waals surface area contributed by atoms with E-state index in [4.69, 9.17) is 4.42 Å². The van der Waals surface area contributed by atoms with Crippen molar-refractivity contribution in [2.45, 2.75) is 20.4 Å². The van der Waals surface area contributed by atoms with Gasteiger partial charge in [0, 0.05) is 5.69 Å². The summed E-state index contributed by atoms with van der Waals surface area (Å²) < 4.78 is 5.60. The van der Waals surface area contributed by atoms with E-state index in [1.54, 1.807) is 6.07 Å². The molecule has 106 valence electrons. The average molecular weight is 272 g/mol.